The third-order valence-electron chi connectivity index (χ3n) is 6.66. The zero-order chi connectivity index (χ0) is 26.2. The molecule has 2 N–H and O–H groups in total. The summed E-state index contributed by atoms with van der Waals surface area (Å²) < 4.78 is 33.5. The number of rotatable bonds is 8. The molecule has 37 heavy (non-hydrogen) atoms. The molecule has 0 spiro atoms. The number of ether oxygens (including phenoxy) is 1. The first-order valence-corrected chi connectivity index (χ1v) is 15.0. The summed E-state index contributed by atoms with van der Waals surface area (Å²) in [5.74, 6) is 0.840. The van der Waals surface area contributed by atoms with Crippen molar-refractivity contribution in [1.82, 2.24) is 25.3 Å². The number of alkyl carbamates (subject to hydrolysis) is 1. The molecule has 2 aliphatic carbocycles. The van der Waals surface area contributed by atoms with Gasteiger partial charge in [0, 0.05) is 36.5 Å². The van der Waals surface area contributed by atoms with Crippen molar-refractivity contribution in [2.75, 3.05) is 5.32 Å². The number of hydrogen-bond acceptors (Lipinski definition) is 9. The van der Waals surface area contributed by atoms with Crippen LogP contribution in [0.4, 0.5) is 16.3 Å². The molecule has 1 aromatic carbocycles. The predicted molar refractivity (Wildman–Crippen MR) is 142 cm³/mol. The van der Waals surface area contributed by atoms with Crippen molar-refractivity contribution in [3.8, 4) is 10.4 Å². The monoisotopic (exact) mass is 544 g/mol. The van der Waals surface area contributed by atoms with Gasteiger partial charge in [0.1, 0.15) is 0 Å². The van der Waals surface area contributed by atoms with Gasteiger partial charge >= 0.3 is 6.09 Å². The van der Waals surface area contributed by atoms with E-state index < -0.39 is 9.84 Å². The summed E-state index contributed by atoms with van der Waals surface area (Å²) in [7, 11) is -1.68. The van der Waals surface area contributed by atoms with Crippen LogP contribution in [0.25, 0.3) is 10.4 Å². The first-order valence-electron chi connectivity index (χ1n) is 12.6. The van der Waals surface area contributed by atoms with Crippen molar-refractivity contribution in [1.29, 1.82) is 0 Å². The minimum Gasteiger partial charge on any atom is -0.447 e. The van der Waals surface area contributed by atoms with Gasteiger partial charge in [0.2, 0.25) is 0 Å². The van der Waals surface area contributed by atoms with Crippen molar-refractivity contribution >= 4 is 38.8 Å². The van der Waals surface area contributed by atoms with Gasteiger partial charge in [0.05, 0.1) is 32.3 Å². The fourth-order valence-corrected chi connectivity index (χ4v) is 7.73. The second-order valence-electron chi connectivity index (χ2n) is 10.1. The SMILES string of the molecule is CC(C)OC(=O)N[C@H]1CC[C@H](c2ncc(-c3ccc(Nc4cn(C)nn4)cc3S(=O)(=O)C3CC3)s2)CC1. The summed E-state index contributed by atoms with van der Waals surface area (Å²) in [5, 5.41) is 14.7. The maximum absolute atomic E-state index is 13.4. The lowest BCUT2D eigenvalue weighted by atomic mass is 9.86. The quantitative estimate of drug-likeness (QED) is 0.415. The maximum Gasteiger partial charge on any atom is 0.407 e. The van der Waals surface area contributed by atoms with Gasteiger partial charge in [-0.15, -0.1) is 16.4 Å². The van der Waals surface area contributed by atoms with Gasteiger partial charge in [0.25, 0.3) is 0 Å². The van der Waals surface area contributed by atoms with Crippen LogP contribution in [-0.4, -0.2) is 51.9 Å². The normalized spacial score (nSPS) is 20.1. The summed E-state index contributed by atoms with van der Waals surface area (Å²) in [6, 6.07) is 5.52. The Morgan fingerprint density at radius 1 is 1.16 bits per heavy atom. The number of carbonyl (C=O) groups excluding carboxylic acids is 1. The molecule has 3 aromatic rings. The van der Waals surface area contributed by atoms with Gasteiger partial charge in [-0.25, -0.2) is 18.2 Å². The van der Waals surface area contributed by atoms with Crippen molar-refractivity contribution in [3.05, 3.63) is 35.6 Å². The van der Waals surface area contributed by atoms with Crippen LogP contribution in [0, 0.1) is 0 Å². The molecule has 2 saturated carbocycles. The van der Waals surface area contributed by atoms with Crippen LogP contribution >= 0.6 is 11.3 Å². The van der Waals surface area contributed by atoms with Gasteiger partial charge in [-0.3, -0.25) is 4.68 Å². The number of aryl methyl sites for hydroxylation is 1. The number of nitrogens with zero attached hydrogens (tertiary/aromatic N) is 4. The number of thiazole rings is 1. The molecule has 0 aliphatic heterocycles. The number of aromatic nitrogens is 4. The van der Waals surface area contributed by atoms with Crippen molar-refractivity contribution in [2.45, 2.75) is 80.6 Å². The molecule has 0 saturated heterocycles. The highest BCUT2D eigenvalue weighted by molar-refractivity contribution is 7.92. The van der Waals surface area contributed by atoms with E-state index in [0.717, 1.165) is 35.6 Å². The Bertz CT molecular complexity index is 1370. The van der Waals surface area contributed by atoms with Gasteiger partial charge in [-0.1, -0.05) is 11.3 Å². The van der Waals surface area contributed by atoms with Crippen molar-refractivity contribution in [3.63, 3.8) is 0 Å². The lowest BCUT2D eigenvalue weighted by Crippen LogP contribution is -2.38. The third kappa shape index (κ3) is 5.96. The predicted octanol–water partition coefficient (Wildman–Crippen LogP) is 4.78. The second kappa shape index (κ2) is 10.4. The van der Waals surface area contributed by atoms with Gasteiger partial charge in [-0.2, -0.15) is 0 Å². The van der Waals surface area contributed by atoms with E-state index in [4.69, 9.17) is 9.72 Å². The number of sulfone groups is 1. The van der Waals surface area contributed by atoms with Crippen molar-refractivity contribution in [2.24, 2.45) is 7.05 Å². The lowest BCUT2D eigenvalue weighted by Gasteiger charge is -2.28. The standard InChI is InChI=1S/C25H32N6O4S2/c1-15(2)35-25(32)28-17-6-4-16(5-7-17)24-26-13-21(36-24)20-11-8-18(27-23-14-31(3)30-29-23)12-22(20)37(33,34)19-9-10-19/h8,11-17,19,27H,4-7,9-10H2,1-3H3,(H,28,32)/t16-,17-. The van der Waals surface area contributed by atoms with E-state index in [0.29, 0.717) is 40.7 Å². The van der Waals surface area contributed by atoms with E-state index in [-0.39, 0.29) is 23.5 Å². The Hall–Kier alpha value is -2.99. The van der Waals surface area contributed by atoms with Crippen LogP contribution in [0.2, 0.25) is 0 Å². The Kier molecular flexibility index (Phi) is 7.21. The third-order valence-corrected chi connectivity index (χ3v) is 10.1. The van der Waals surface area contributed by atoms with E-state index in [1.165, 1.54) is 0 Å². The summed E-state index contributed by atoms with van der Waals surface area (Å²) in [6.45, 7) is 3.67. The zero-order valence-electron chi connectivity index (χ0n) is 21.2. The fourth-order valence-electron chi connectivity index (χ4n) is 4.65. The summed E-state index contributed by atoms with van der Waals surface area (Å²) in [6.07, 6.45) is 7.94. The molecule has 5 rings (SSSR count). The van der Waals surface area contributed by atoms with Crippen LogP contribution in [0.3, 0.4) is 0 Å². The topological polar surface area (TPSA) is 128 Å². The zero-order valence-corrected chi connectivity index (χ0v) is 22.8. The highest BCUT2D eigenvalue weighted by Crippen LogP contribution is 2.43. The summed E-state index contributed by atoms with van der Waals surface area (Å²) in [5.41, 5.74) is 1.34. The fraction of sp³-hybridized carbons (Fsp3) is 0.520. The van der Waals surface area contributed by atoms with Crippen LogP contribution in [0.5, 0.6) is 0 Å². The first kappa shape index (κ1) is 25.7. The molecule has 2 heterocycles. The molecular weight excluding hydrogens is 512 g/mol. The molecule has 2 aliphatic rings. The molecule has 0 atom stereocenters. The summed E-state index contributed by atoms with van der Waals surface area (Å²) >= 11 is 1.56. The molecular formula is C25H32N6O4S2. The van der Waals surface area contributed by atoms with Gasteiger partial charge in [-0.05, 0) is 64.5 Å². The van der Waals surface area contributed by atoms with E-state index in [1.807, 2.05) is 26.0 Å². The average Bonchev–Trinajstić information content (AvgIpc) is 3.48. The van der Waals surface area contributed by atoms with Gasteiger partial charge < -0.3 is 15.4 Å². The van der Waals surface area contributed by atoms with Crippen molar-refractivity contribution < 1.29 is 17.9 Å². The number of carbonyl (C=O) groups is 1. The molecule has 0 radical (unpaired) electrons. The Morgan fingerprint density at radius 2 is 1.92 bits per heavy atom. The molecule has 2 aromatic heterocycles. The highest BCUT2D eigenvalue weighted by Gasteiger charge is 2.39. The highest BCUT2D eigenvalue weighted by atomic mass is 32.2. The van der Waals surface area contributed by atoms with Crippen LogP contribution in [0.15, 0.2) is 35.5 Å². The molecule has 10 nitrogen and oxygen atoms in total. The maximum atomic E-state index is 13.4. The number of hydrogen-bond donors (Lipinski definition) is 2. The van der Waals surface area contributed by atoms with E-state index >= 15 is 0 Å². The van der Waals surface area contributed by atoms with Crippen LogP contribution in [-0.2, 0) is 21.6 Å². The number of benzene rings is 1. The van der Waals surface area contributed by atoms with E-state index in [9.17, 15) is 13.2 Å². The van der Waals surface area contributed by atoms with Crippen LogP contribution < -0.4 is 10.6 Å². The minimum absolute atomic E-state index is 0.103. The minimum atomic E-state index is -3.45. The molecule has 1 amide bonds. The lowest BCUT2D eigenvalue weighted by molar-refractivity contribution is 0.109. The smallest absolute Gasteiger partial charge is 0.407 e. The molecule has 2 fully saturated rings. The molecule has 12 heteroatoms. The Balaban J connectivity index is 1.33. The number of amides is 1. The second-order valence-corrected chi connectivity index (χ2v) is 13.3. The number of anilines is 2. The van der Waals surface area contributed by atoms with Gasteiger partial charge in [0.15, 0.2) is 15.7 Å². The Morgan fingerprint density at radius 3 is 2.57 bits per heavy atom. The van der Waals surface area contributed by atoms with E-state index in [2.05, 4.69) is 20.9 Å². The summed E-state index contributed by atoms with van der Waals surface area (Å²) in [4.78, 5) is 17.8. The molecule has 0 unspecified atom stereocenters. The molecule has 0 bridgehead atoms. The Labute approximate surface area is 220 Å². The van der Waals surface area contributed by atoms with E-state index in [1.54, 1.807) is 41.5 Å². The number of nitrogens with one attached hydrogen (secondary N) is 2. The largest absolute Gasteiger partial charge is 0.447 e. The average molecular weight is 545 g/mol. The van der Waals surface area contributed by atoms with Crippen LogP contribution in [0.1, 0.15) is 63.3 Å². The molecule has 198 valence electrons. The first-order chi connectivity index (χ1) is 17.7.